The number of amides is 3. The van der Waals surface area contributed by atoms with Gasteiger partial charge in [-0.3, -0.25) is 19.1 Å². The van der Waals surface area contributed by atoms with Crippen LogP contribution in [0.2, 0.25) is 0 Å². The van der Waals surface area contributed by atoms with Gasteiger partial charge in [0.25, 0.3) is 11.8 Å². The van der Waals surface area contributed by atoms with Crippen molar-refractivity contribution in [1.82, 2.24) is 15.5 Å². The Kier molecular flexibility index (Phi) is 12.3. The maximum atomic E-state index is 13.9. The fourth-order valence-corrected chi connectivity index (χ4v) is 5.66. The Hall–Kier alpha value is -4.03. The van der Waals surface area contributed by atoms with Crippen LogP contribution in [-0.4, -0.2) is 90.2 Å². The van der Waals surface area contributed by atoms with Crippen LogP contribution in [0.1, 0.15) is 62.2 Å². The molecule has 0 saturated heterocycles. The van der Waals surface area contributed by atoms with Crippen molar-refractivity contribution >= 4 is 57.9 Å². The molecule has 268 valence electrons. The average Bonchev–Trinajstić information content (AvgIpc) is 3.61. The molecule has 2 aliphatic rings. The summed E-state index contributed by atoms with van der Waals surface area (Å²) in [6.45, 7) is -2.81. The van der Waals surface area contributed by atoms with Crippen LogP contribution in [0.15, 0.2) is 29.0 Å². The zero-order valence-corrected chi connectivity index (χ0v) is 26.9. The summed E-state index contributed by atoms with van der Waals surface area (Å²) in [5, 5.41) is 33.9. The molecule has 1 atom stereocenters. The molecule has 5 N–H and O–H groups in total. The summed E-state index contributed by atoms with van der Waals surface area (Å²) in [6, 6.07) is 2.08. The molecule has 0 spiro atoms. The van der Waals surface area contributed by atoms with Crippen LogP contribution in [0.3, 0.4) is 0 Å². The standard InChI is InChI=1S/C28H29B2F6N4O9P/c31-27(32,33)18-7-14(9-20-16(18)12-48-29(20)46)24(42)38-5-6-40(11-23(41)37-4-2-1-3-22(39-50)26(44)45)25(43)15-8-19(28(34,35)36)17-13-49-30(47)21(17)10-15/h7-10,22,46-47,50H,1-6,11-13H2,(H,37,41)(H,38,42)(H,44,45)/t22-/m0/s1. The second kappa shape index (κ2) is 15.9. The van der Waals surface area contributed by atoms with Gasteiger partial charge in [0.1, 0.15) is 0 Å². The molecule has 2 heterocycles. The molecule has 13 nitrogen and oxygen atoms in total. The van der Waals surface area contributed by atoms with E-state index in [-0.39, 0.29) is 35.0 Å². The molecule has 50 heavy (non-hydrogen) atoms. The van der Waals surface area contributed by atoms with Crippen LogP contribution >= 0.6 is 9.03 Å². The van der Waals surface area contributed by atoms with Crippen molar-refractivity contribution in [2.24, 2.45) is 4.74 Å². The van der Waals surface area contributed by atoms with Gasteiger partial charge in [-0.15, -0.1) is 0 Å². The van der Waals surface area contributed by atoms with E-state index in [9.17, 15) is 55.6 Å². The number of hydrogen-bond donors (Lipinski definition) is 5. The molecule has 0 radical (unpaired) electrons. The molecule has 0 aliphatic carbocycles. The lowest BCUT2D eigenvalue weighted by molar-refractivity contribution is -0.139. The Labute approximate surface area is 282 Å². The lowest BCUT2D eigenvalue weighted by Gasteiger charge is -2.24. The number of carboxylic acids is 1. The predicted molar refractivity (Wildman–Crippen MR) is 165 cm³/mol. The molecule has 2 aromatic carbocycles. The van der Waals surface area contributed by atoms with Gasteiger partial charge in [-0.05, 0) is 74.6 Å². The summed E-state index contributed by atoms with van der Waals surface area (Å²) in [5.41, 5.74) is -4.80. The number of carboxylic acid groups (broad SMARTS) is 1. The molecule has 0 unspecified atom stereocenters. The molecule has 0 bridgehead atoms. The number of alkyl halides is 6. The Balaban J connectivity index is 1.51. The summed E-state index contributed by atoms with van der Waals surface area (Å²) in [5.74, 6) is -4.09. The van der Waals surface area contributed by atoms with E-state index < -0.39 is 111 Å². The van der Waals surface area contributed by atoms with Crippen molar-refractivity contribution in [3.8, 4) is 0 Å². The zero-order valence-electron chi connectivity index (χ0n) is 25.9. The number of aliphatic carboxylic acids is 1. The maximum absolute atomic E-state index is 13.9. The second-order valence-corrected chi connectivity index (χ2v) is 11.6. The first-order valence-electron chi connectivity index (χ1n) is 14.9. The molecule has 22 heteroatoms. The van der Waals surface area contributed by atoms with E-state index in [2.05, 4.69) is 24.4 Å². The highest BCUT2D eigenvalue weighted by Crippen LogP contribution is 2.35. The van der Waals surface area contributed by atoms with E-state index in [0.717, 1.165) is 17.0 Å². The Morgan fingerprint density at radius 1 is 0.860 bits per heavy atom. The number of unbranched alkanes of at least 4 members (excludes halogenated alkanes) is 1. The summed E-state index contributed by atoms with van der Waals surface area (Å²) in [4.78, 5) is 51.2. The molecule has 4 rings (SSSR count). The molecular formula is C28H29B2F6N4O9P. The quantitative estimate of drug-likeness (QED) is 0.0821. The Bertz CT molecular complexity index is 1670. The van der Waals surface area contributed by atoms with Gasteiger partial charge in [-0.25, -0.2) is 4.79 Å². The minimum Gasteiger partial charge on any atom is -0.480 e. The van der Waals surface area contributed by atoms with E-state index in [1.54, 1.807) is 0 Å². The van der Waals surface area contributed by atoms with Crippen LogP contribution in [-0.2, 0) is 44.5 Å². The smallest absolute Gasteiger partial charge is 0.480 e. The monoisotopic (exact) mass is 732 g/mol. The van der Waals surface area contributed by atoms with Gasteiger partial charge in [0.15, 0.2) is 6.04 Å². The van der Waals surface area contributed by atoms with E-state index in [1.165, 1.54) is 0 Å². The highest BCUT2D eigenvalue weighted by atomic mass is 31.0. The normalized spacial score (nSPS) is 14.6. The van der Waals surface area contributed by atoms with Crippen molar-refractivity contribution in [1.29, 1.82) is 0 Å². The molecule has 3 amide bonds. The Morgan fingerprint density at radius 2 is 1.40 bits per heavy atom. The van der Waals surface area contributed by atoms with Gasteiger partial charge in [0.2, 0.25) is 5.91 Å². The van der Waals surface area contributed by atoms with Crippen molar-refractivity contribution in [3.05, 3.63) is 57.6 Å². The van der Waals surface area contributed by atoms with E-state index in [4.69, 9.17) is 14.4 Å². The first-order chi connectivity index (χ1) is 23.4. The maximum Gasteiger partial charge on any atom is 0.491 e. The van der Waals surface area contributed by atoms with E-state index >= 15 is 0 Å². The van der Waals surface area contributed by atoms with Crippen LogP contribution in [0.25, 0.3) is 0 Å². The summed E-state index contributed by atoms with van der Waals surface area (Å²) >= 11 is 0. The van der Waals surface area contributed by atoms with Gasteiger partial charge in [-0.1, -0.05) is 0 Å². The number of hydrogen-bond acceptors (Lipinski definition) is 9. The van der Waals surface area contributed by atoms with Gasteiger partial charge >= 0.3 is 32.6 Å². The van der Waals surface area contributed by atoms with Crippen LogP contribution in [0.4, 0.5) is 26.3 Å². The van der Waals surface area contributed by atoms with Gasteiger partial charge < -0.3 is 40.0 Å². The fourth-order valence-electron chi connectivity index (χ4n) is 5.42. The Morgan fingerprint density at radius 3 is 1.92 bits per heavy atom. The van der Waals surface area contributed by atoms with Gasteiger partial charge in [-0.2, -0.15) is 26.3 Å². The van der Waals surface area contributed by atoms with Gasteiger partial charge in [0, 0.05) is 30.8 Å². The lowest BCUT2D eigenvalue weighted by Crippen LogP contribution is -2.45. The first-order valence-corrected chi connectivity index (χ1v) is 15.4. The van der Waals surface area contributed by atoms with Crippen molar-refractivity contribution in [3.63, 3.8) is 0 Å². The SMILES string of the molecule is O=C(CN(CCNC(=O)c1cc2c(c(C(F)(F)F)c1)COB2O)C(=O)c1cc2c(c(C(F)(F)F)c1)COB2O)NCCCC[C@H](N=P)C(=O)O. The van der Waals surface area contributed by atoms with Crippen molar-refractivity contribution in [2.75, 3.05) is 26.2 Å². The molecule has 0 fully saturated rings. The predicted octanol–water partition coefficient (Wildman–Crippen LogP) is 1.10. The highest BCUT2D eigenvalue weighted by Gasteiger charge is 2.42. The number of rotatable bonds is 14. The second-order valence-electron chi connectivity index (χ2n) is 11.3. The molecule has 0 saturated carbocycles. The number of nitrogens with zero attached hydrogens (tertiary/aromatic N) is 2. The summed E-state index contributed by atoms with van der Waals surface area (Å²) < 4.78 is 96.1. The van der Waals surface area contributed by atoms with Crippen molar-refractivity contribution in [2.45, 2.75) is 50.9 Å². The molecule has 2 aromatic rings. The molecule has 0 aromatic heterocycles. The lowest BCUT2D eigenvalue weighted by atomic mass is 9.77. The minimum atomic E-state index is -4.95. The largest absolute Gasteiger partial charge is 0.491 e. The third kappa shape index (κ3) is 9.19. The van der Waals surface area contributed by atoms with Crippen molar-refractivity contribution < 1.29 is 70.0 Å². The van der Waals surface area contributed by atoms with Gasteiger partial charge in [0.05, 0.1) is 30.9 Å². The van der Waals surface area contributed by atoms with Crippen LogP contribution in [0.5, 0.6) is 0 Å². The number of carbonyl (C=O) groups excluding carboxylic acids is 3. The van der Waals surface area contributed by atoms with E-state index in [0.29, 0.717) is 25.0 Å². The minimum absolute atomic E-state index is 0.0294. The van der Waals surface area contributed by atoms with E-state index in [1.807, 2.05) is 0 Å². The molecule has 2 aliphatic heterocycles. The first kappa shape index (κ1) is 38.8. The summed E-state index contributed by atoms with van der Waals surface area (Å²) in [6.07, 6.45) is -9.05. The third-order valence-corrected chi connectivity index (χ3v) is 8.26. The molecular weight excluding hydrogens is 703 g/mol. The number of halogens is 6. The summed E-state index contributed by atoms with van der Waals surface area (Å²) in [7, 11) is -0.676. The van der Waals surface area contributed by atoms with Crippen LogP contribution < -0.4 is 21.6 Å². The third-order valence-electron chi connectivity index (χ3n) is 7.95. The zero-order chi connectivity index (χ0) is 37.0. The number of nitrogens with one attached hydrogen (secondary N) is 2. The number of fused-ring (bicyclic) bond motifs is 2. The average molecular weight is 732 g/mol. The number of benzene rings is 2. The highest BCUT2D eigenvalue weighted by molar-refractivity contribution is 7.04. The fraction of sp³-hybridized carbons (Fsp3) is 0.429. The topological polar surface area (TPSA) is 187 Å². The number of carbonyl (C=O) groups is 4. The van der Waals surface area contributed by atoms with Crippen LogP contribution in [0, 0.1) is 0 Å².